The maximum atomic E-state index is 6.36. The Bertz CT molecular complexity index is 591. The van der Waals surface area contributed by atoms with E-state index in [1.165, 1.54) is 21.7 Å². The van der Waals surface area contributed by atoms with Gasteiger partial charge in [-0.2, -0.15) is 0 Å². The highest BCUT2D eigenvalue weighted by atomic mass is 35.5. The van der Waals surface area contributed by atoms with Crippen molar-refractivity contribution in [2.24, 2.45) is 0 Å². The Morgan fingerprint density at radius 2 is 2.28 bits per heavy atom. The third-order valence-corrected chi connectivity index (χ3v) is 4.88. The maximum absolute atomic E-state index is 6.36. The van der Waals surface area contributed by atoms with Crippen molar-refractivity contribution in [3.8, 4) is 0 Å². The standard InChI is InChI=1S/C14H15ClN2S/c1-8-5-6-11(15)10(7-8)9-3-2-4-12-13(9)18-14(16)17-12/h5-7,9H,2-4H2,1H3,(H2,16,17). The second-order valence-electron chi connectivity index (χ2n) is 4.83. The molecule has 1 heterocycles. The summed E-state index contributed by atoms with van der Waals surface area (Å²) in [5, 5.41) is 1.53. The fourth-order valence-electron chi connectivity index (χ4n) is 2.67. The molecule has 2 N–H and O–H groups in total. The van der Waals surface area contributed by atoms with E-state index in [1.807, 2.05) is 6.07 Å². The number of hydrogen-bond acceptors (Lipinski definition) is 3. The number of rotatable bonds is 1. The highest BCUT2D eigenvalue weighted by molar-refractivity contribution is 7.15. The van der Waals surface area contributed by atoms with Gasteiger partial charge in [0.15, 0.2) is 5.13 Å². The lowest BCUT2D eigenvalue weighted by molar-refractivity contribution is 0.617. The number of hydrogen-bond donors (Lipinski definition) is 1. The Morgan fingerprint density at radius 1 is 1.44 bits per heavy atom. The van der Waals surface area contributed by atoms with E-state index >= 15 is 0 Å². The van der Waals surface area contributed by atoms with Gasteiger partial charge >= 0.3 is 0 Å². The number of fused-ring (bicyclic) bond motifs is 1. The maximum Gasteiger partial charge on any atom is 0.180 e. The van der Waals surface area contributed by atoms with Crippen LogP contribution in [0, 0.1) is 6.92 Å². The number of halogens is 1. The molecule has 2 nitrogen and oxygen atoms in total. The van der Waals surface area contributed by atoms with E-state index in [-0.39, 0.29) is 0 Å². The Morgan fingerprint density at radius 3 is 3.11 bits per heavy atom. The van der Waals surface area contributed by atoms with Crippen LogP contribution in [0.15, 0.2) is 18.2 Å². The molecule has 2 aromatic rings. The summed E-state index contributed by atoms with van der Waals surface area (Å²) in [6, 6.07) is 6.24. The molecule has 1 aromatic heterocycles. The summed E-state index contributed by atoms with van der Waals surface area (Å²) >= 11 is 7.97. The number of aromatic nitrogens is 1. The van der Waals surface area contributed by atoms with Crippen LogP contribution in [-0.4, -0.2) is 4.98 Å². The smallest absolute Gasteiger partial charge is 0.180 e. The molecule has 0 bridgehead atoms. The molecule has 1 aromatic carbocycles. The summed E-state index contributed by atoms with van der Waals surface area (Å²) in [6.45, 7) is 2.10. The first kappa shape index (κ1) is 12.0. The summed E-state index contributed by atoms with van der Waals surface area (Å²) in [5.74, 6) is 0.371. The quantitative estimate of drug-likeness (QED) is 0.851. The normalized spacial score (nSPS) is 18.7. The Kier molecular flexibility index (Phi) is 3.04. The van der Waals surface area contributed by atoms with Crippen LogP contribution in [-0.2, 0) is 6.42 Å². The van der Waals surface area contributed by atoms with Crippen LogP contribution >= 0.6 is 22.9 Å². The first-order valence-corrected chi connectivity index (χ1v) is 7.35. The lowest BCUT2D eigenvalue weighted by Gasteiger charge is -2.22. The predicted octanol–water partition coefficient (Wildman–Crippen LogP) is 4.16. The monoisotopic (exact) mass is 278 g/mol. The minimum Gasteiger partial charge on any atom is -0.375 e. The van der Waals surface area contributed by atoms with E-state index < -0.39 is 0 Å². The molecule has 0 fully saturated rings. The minimum atomic E-state index is 0.371. The molecule has 18 heavy (non-hydrogen) atoms. The zero-order valence-corrected chi connectivity index (χ0v) is 11.8. The largest absolute Gasteiger partial charge is 0.375 e. The average Bonchev–Trinajstić information content (AvgIpc) is 2.72. The minimum absolute atomic E-state index is 0.371. The van der Waals surface area contributed by atoms with Gasteiger partial charge < -0.3 is 5.73 Å². The molecule has 0 aliphatic heterocycles. The molecule has 0 saturated carbocycles. The SMILES string of the molecule is Cc1ccc(Cl)c(C2CCCc3nc(N)sc32)c1. The summed E-state index contributed by atoms with van der Waals surface area (Å²) < 4.78 is 0. The molecule has 1 atom stereocenters. The van der Waals surface area contributed by atoms with E-state index in [9.17, 15) is 0 Å². The van der Waals surface area contributed by atoms with E-state index in [0.29, 0.717) is 11.0 Å². The predicted molar refractivity (Wildman–Crippen MR) is 77.5 cm³/mol. The summed E-state index contributed by atoms with van der Waals surface area (Å²) in [5.41, 5.74) is 9.49. The Balaban J connectivity index is 2.10. The third kappa shape index (κ3) is 2.02. The number of nitrogens with two attached hydrogens (primary N) is 1. The van der Waals surface area contributed by atoms with Crippen LogP contribution in [0.5, 0.6) is 0 Å². The van der Waals surface area contributed by atoms with Gasteiger partial charge in [-0.25, -0.2) is 4.98 Å². The molecule has 0 spiro atoms. The van der Waals surface area contributed by atoms with Crippen LogP contribution in [0.3, 0.4) is 0 Å². The van der Waals surface area contributed by atoms with Crippen molar-refractivity contribution in [3.05, 3.63) is 44.9 Å². The van der Waals surface area contributed by atoms with E-state index in [4.69, 9.17) is 17.3 Å². The zero-order valence-electron chi connectivity index (χ0n) is 10.2. The summed E-state index contributed by atoms with van der Waals surface area (Å²) in [6.07, 6.45) is 3.34. The van der Waals surface area contributed by atoms with Crippen LogP contribution in [0.2, 0.25) is 5.02 Å². The molecule has 0 amide bonds. The first-order chi connectivity index (χ1) is 8.65. The van der Waals surface area contributed by atoms with E-state index in [1.54, 1.807) is 11.3 Å². The highest BCUT2D eigenvalue weighted by Crippen LogP contribution is 2.42. The van der Waals surface area contributed by atoms with Crippen molar-refractivity contribution >= 4 is 28.1 Å². The van der Waals surface area contributed by atoms with Gasteiger partial charge in [0.05, 0.1) is 5.69 Å². The second kappa shape index (κ2) is 4.56. The Hall–Kier alpha value is -1.06. The fraction of sp³-hybridized carbons (Fsp3) is 0.357. The molecule has 3 rings (SSSR count). The van der Waals surface area contributed by atoms with Crippen molar-refractivity contribution in [3.63, 3.8) is 0 Å². The van der Waals surface area contributed by atoms with Crippen molar-refractivity contribution in [2.75, 3.05) is 5.73 Å². The molecule has 94 valence electrons. The average molecular weight is 279 g/mol. The molecular formula is C14H15ClN2S. The lowest BCUT2D eigenvalue weighted by atomic mass is 9.85. The van der Waals surface area contributed by atoms with Crippen LogP contribution in [0.4, 0.5) is 5.13 Å². The van der Waals surface area contributed by atoms with Gasteiger partial charge in [-0.1, -0.05) is 29.3 Å². The second-order valence-corrected chi connectivity index (χ2v) is 6.30. The van der Waals surface area contributed by atoms with Crippen molar-refractivity contribution < 1.29 is 0 Å². The third-order valence-electron chi connectivity index (χ3n) is 3.49. The van der Waals surface area contributed by atoms with Crippen molar-refractivity contribution in [1.29, 1.82) is 0 Å². The van der Waals surface area contributed by atoms with Crippen LogP contribution in [0.1, 0.15) is 40.5 Å². The molecular weight excluding hydrogens is 264 g/mol. The zero-order chi connectivity index (χ0) is 12.7. The van der Waals surface area contributed by atoms with E-state index in [2.05, 4.69) is 24.0 Å². The van der Waals surface area contributed by atoms with Crippen LogP contribution in [0.25, 0.3) is 0 Å². The molecule has 4 heteroatoms. The lowest BCUT2D eigenvalue weighted by Crippen LogP contribution is -2.09. The number of aryl methyl sites for hydroxylation is 2. The van der Waals surface area contributed by atoms with Crippen molar-refractivity contribution in [1.82, 2.24) is 4.98 Å². The summed E-state index contributed by atoms with van der Waals surface area (Å²) in [4.78, 5) is 5.74. The van der Waals surface area contributed by atoms with Gasteiger partial charge in [-0.3, -0.25) is 0 Å². The number of anilines is 1. The van der Waals surface area contributed by atoms with Crippen LogP contribution < -0.4 is 5.73 Å². The number of thiazole rings is 1. The van der Waals surface area contributed by atoms with E-state index in [0.717, 1.165) is 24.3 Å². The van der Waals surface area contributed by atoms with Gasteiger partial charge in [-0.05, 0) is 37.8 Å². The molecule has 1 aliphatic rings. The van der Waals surface area contributed by atoms with Crippen molar-refractivity contribution in [2.45, 2.75) is 32.1 Å². The van der Waals surface area contributed by atoms with Gasteiger partial charge in [0.25, 0.3) is 0 Å². The fourth-order valence-corrected chi connectivity index (χ4v) is 3.95. The van der Waals surface area contributed by atoms with Gasteiger partial charge in [0, 0.05) is 15.8 Å². The number of nitrogen functional groups attached to an aromatic ring is 1. The first-order valence-electron chi connectivity index (χ1n) is 6.16. The molecule has 1 aliphatic carbocycles. The van der Waals surface area contributed by atoms with Gasteiger partial charge in [0.1, 0.15) is 0 Å². The molecule has 0 radical (unpaired) electrons. The Labute approximate surface area is 116 Å². The number of benzene rings is 1. The highest BCUT2D eigenvalue weighted by Gasteiger charge is 2.26. The van der Waals surface area contributed by atoms with Gasteiger partial charge in [-0.15, -0.1) is 11.3 Å². The summed E-state index contributed by atoms with van der Waals surface area (Å²) in [7, 11) is 0. The number of nitrogens with zero attached hydrogens (tertiary/aromatic N) is 1. The molecule has 0 saturated heterocycles. The van der Waals surface area contributed by atoms with Gasteiger partial charge in [0.2, 0.25) is 0 Å². The topological polar surface area (TPSA) is 38.9 Å². The molecule has 1 unspecified atom stereocenters.